The fraction of sp³-hybridized carbons (Fsp3) is 0.467. The molecule has 1 heterocycles. The number of primary amides is 1. The maximum absolute atomic E-state index is 11.7. The Hall–Kier alpha value is -2.35. The first-order valence-corrected chi connectivity index (χ1v) is 7.86. The predicted octanol–water partition coefficient (Wildman–Crippen LogP) is 1.78. The number of carbonyl (C=O) groups excluding carboxylic acids is 3. The summed E-state index contributed by atoms with van der Waals surface area (Å²) in [5.74, 6) is -1.55. The maximum atomic E-state index is 11.7. The molecule has 0 aliphatic heterocycles. The molecule has 0 bridgehead atoms. The number of carbonyl (C=O) groups is 3. The standard InChI is InChI=1S/C15H21ClN4O4/c1-4-5-8-20-13(16)11(9(2)19-20)6-7-12(21)24-10(3)14(22)18-15(17)23/h6-7,10H,4-5,8H2,1-3H3,(H3,17,18,22,23)/b7-6+/t10-/m0/s1. The minimum absolute atomic E-state index is 0.435. The molecule has 9 heteroatoms. The van der Waals surface area contributed by atoms with Gasteiger partial charge in [-0.2, -0.15) is 5.10 Å². The largest absolute Gasteiger partial charge is 0.449 e. The van der Waals surface area contributed by atoms with Crippen LogP contribution in [0.3, 0.4) is 0 Å². The molecule has 1 aromatic heterocycles. The molecule has 0 aromatic carbocycles. The zero-order chi connectivity index (χ0) is 18.3. The predicted molar refractivity (Wildman–Crippen MR) is 89.2 cm³/mol. The van der Waals surface area contributed by atoms with E-state index in [1.165, 1.54) is 13.0 Å². The van der Waals surface area contributed by atoms with Crippen LogP contribution in [0.5, 0.6) is 0 Å². The lowest BCUT2D eigenvalue weighted by molar-refractivity contribution is -0.149. The van der Waals surface area contributed by atoms with Crippen molar-refractivity contribution >= 4 is 35.6 Å². The maximum Gasteiger partial charge on any atom is 0.331 e. The lowest BCUT2D eigenvalue weighted by Gasteiger charge is -2.10. The number of imide groups is 1. The van der Waals surface area contributed by atoms with E-state index in [-0.39, 0.29) is 0 Å². The van der Waals surface area contributed by atoms with Crippen molar-refractivity contribution in [1.29, 1.82) is 0 Å². The molecule has 3 amide bonds. The van der Waals surface area contributed by atoms with Gasteiger partial charge < -0.3 is 10.5 Å². The van der Waals surface area contributed by atoms with Crippen molar-refractivity contribution in [2.75, 3.05) is 0 Å². The van der Waals surface area contributed by atoms with Crippen LogP contribution in [-0.2, 0) is 20.9 Å². The Labute approximate surface area is 145 Å². The van der Waals surface area contributed by atoms with E-state index in [4.69, 9.17) is 22.1 Å². The van der Waals surface area contributed by atoms with Gasteiger partial charge in [-0.1, -0.05) is 24.9 Å². The molecule has 3 N–H and O–H groups in total. The topological polar surface area (TPSA) is 116 Å². The van der Waals surface area contributed by atoms with E-state index >= 15 is 0 Å². The lowest BCUT2D eigenvalue weighted by atomic mass is 10.2. The van der Waals surface area contributed by atoms with Crippen LogP contribution in [0, 0.1) is 6.92 Å². The number of halogens is 1. The quantitative estimate of drug-likeness (QED) is 0.570. The number of hydrogen-bond donors (Lipinski definition) is 2. The van der Waals surface area contributed by atoms with E-state index < -0.39 is 24.0 Å². The molecule has 1 rings (SSSR count). The number of nitrogens with one attached hydrogen (secondary N) is 1. The van der Waals surface area contributed by atoms with Crippen LogP contribution in [0.4, 0.5) is 4.79 Å². The second kappa shape index (κ2) is 9.07. The number of ether oxygens (including phenoxy) is 1. The number of aromatic nitrogens is 2. The van der Waals surface area contributed by atoms with Crippen LogP contribution in [0.15, 0.2) is 6.08 Å². The Balaban J connectivity index is 2.72. The zero-order valence-electron chi connectivity index (χ0n) is 13.8. The van der Waals surface area contributed by atoms with Gasteiger partial charge in [0, 0.05) is 18.2 Å². The van der Waals surface area contributed by atoms with Gasteiger partial charge in [0.15, 0.2) is 6.10 Å². The summed E-state index contributed by atoms with van der Waals surface area (Å²) in [6, 6.07) is -1.01. The van der Waals surface area contributed by atoms with Gasteiger partial charge in [-0.3, -0.25) is 14.8 Å². The highest BCUT2D eigenvalue weighted by Crippen LogP contribution is 2.21. The van der Waals surface area contributed by atoms with Crippen LogP contribution < -0.4 is 11.1 Å². The molecule has 132 valence electrons. The third-order valence-corrected chi connectivity index (χ3v) is 3.53. The van der Waals surface area contributed by atoms with Gasteiger partial charge >= 0.3 is 12.0 Å². The third-order valence-electron chi connectivity index (χ3n) is 3.13. The molecular formula is C15H21ClN4O4. The van der Waals surface area contributed by atoms with Crippen LogP contribution in [0.25, 0.3) is 6.08 Å². The third kappa shape index (κ3) is 5.69. The first kappa shape index (κ1) is 19.7. The van der Waals surface area contributed by atoms with Crippen LogP contribution in [-0.4, -0.2) is 33.8 Å². The van der Waals surface area contributed by atoms with Crippen LogP contribution in [0.2, 0.25) is 5.15 Å². The molecule has 0 aliphatic rings. The van der Waals surface area contributed by atoms with Crippen LogP contribution in [0.1, 0.15) is 37.9 Å². The number of unbranched alkanes of at least 4 members (excludes halogenated alkanes) is 1. The van der Waals surface area contributed by atoms with Gasteiger partial charge in [0.2, 0.25) is 0 Å². The van der Waals surface area contributed by atoms with E-state index in [1.54, 1.807) is 11.6 Å². The molecule has 0 saturated carbocycles. The van der Waals surface area contributed by atoms with Crippen molar-refractivity contribution in [3.63, 3.8) is 0 Å². The summed E-state index contributed by atoms with van der Waals surface area (Å²) in [5, 5.41) is 6.58. The van der Waals surface area contributed by atoms with Crippen molar-refractivity contribution in [2.45, 2.75) is 46.3 Å². The average molecular weight is 357 g/mol. The number of nitrogens with two attached hydrogens (primary N) is 1. The number of hydrogen-bond acceptors (Lipinski definition) is 5. The fourth-order valence-corrected chi connectivity index (χ4v) is 2.18. The van der Waals surface area contributed by atoms with Gasteiger partial charge in [0.05, 0.1) is 5.69 Å². The molecule has 1 atom stereocenters. The molecule has 0 aliphatic carbocycles. The highest BCUT2D eigenvalue weighted by molar-refractivity contribution is 6.31. The lowest BCUT2D eigenvalue weighted by Crippen LogP contribution is -2.42. The molecule has 0 radical (unpaired) electrons. The summed E-state index contributed by atoms with van der Waals surface area (Å²) in [6.45, 7) is 5.86. The van der Waals surface area contributed by atoms with Gasteiger partial charge in [0.25, 0.3) is 5.91 Å². The summed E-state index contributed by atoms with van der Waals surface area (Å²) >= 11 is 6.24. The van der Waals surface area contributed by atoms with Crippen molar-refractivity contribution in [2.24, 2.45) is 5.73 Å². The molecule has 8 nitrogen and oxygen atoms in total. The van der Waals surface area contributed by atoms with E-state index in [9.17, 15) is 14.4 Å². The highest BCUT2D eigenvalue weighted by atomic mass is 35.5. The number of nitrogens with zero attached hydrogens (tertiary/aromatic N) is 2. The van der Waals surface area contributed by atoms with Gasteiger partial charge in [0.1, 0.15) is 5.15 Å². The summed E-state index contributed by atoms with van der Waals surface area (Å²) in [4.78, 5) is 33.7. The van der Waals surface area contributed by atoms with E-state index in [0.717, 1.165) is 18.9 Å². The highest BCUT2D eigenvalue weighted by Gasteiger charge is 2.18. The van der Waals surface area contributed by atoms with E-state index in [2.05, 4.69) is 12.0 Å². The Bertz CT molecular complexity index is 654. The summed E-state index contributed by atoms with van der Waals surface area (Å²) in [5.41, 5.74) is 6.11. The number of amides is 3. The monoisotopic (exact) mass is 356 g/mol. The molecule has 0 spiro atoms. The summed E-state index contributed by atoms with van der Waals surface area (Å²) < 4.78 is 6.55. The molecular weight excluding hydrogens is 336 g/mol. The minimum atomic E-state index is -1.15. The number of aryl methyl sites for hydroxylation is 2. The Morgan fingerprint density at radius 1 is 1.46 bits per heavy atom. The average Bonchev–Trinajstić information content (AvgIpc) is 2.76. The Kier molecular flexibility index (Phi) is 7.44. The Morgan fingerprint density at radius 2 is 2.12 bits per heavy atom. The first-order valence-electron chi connectivity index (χ1n) is 7.48. The van der Waals surface area contributed by atoms with E-state index in [0.29, 0.717) is 23.0 Å². The van der Waals surface area contributed by atoms with Crippen molar-refractivity contribution in [1.82, 2.24) is 15.1 Å². The first-order chi connectivity index (χ1) is 11.3. The summed E-state index contributed by atoms with van der Waals surface area (Å²) in [7, 11) is 0. The normalized spacial score (nSPS) is 12.2. The van der Waals surface area contributed by atoms with Crippen molar-refractivity contribution in [3.05, 3.63) is 22.5 Å². The Morgan fingerprint density at radius 3 is 2.71 bits per heavy atom. The minimum Gasteiger partial charge on any atom is -0.449 e. The van der Waals surface area contributed by atoms with Crippen molar-refractivity contribution in [3.8, 4) is 0 Å². The zero-order valence-corrected chi connectivity index (χ0v) is 14.6. The number of rotatable bonds is 7. The second-order valence-corrected chi connectivity index (χ2v) is 5.49. The number of urea groups is 1. The van der Waals surface area contributed by atoms with Gasteiger partial charge in [-0.25, -0.2) is 9.59 Å². The molecule has 0 fully saturated rings. The molecule has 0 unspecified atom stereocenters. The number of esters is 1. The fourth-order valence-electron chi connectivity index (χ4n) is 1.85. The van der Waals surface area contributed by atoms with Crippen molar-refractivity contribution < 1.29 is 19.1 Å². The van der Waals surface area contributed by atoms with Gasteiger partial charge in [-0.15, -0.1) is 0 Å². The second-order valence-electron chi connectivity index (χ2n) is 5.13. The molecule has 1 aromatic rings. The molecule has 0 saturated heterocycles. The van der Waals surface area contributed by atoms with Crippen LogP contribution >= 0.6 is 11.6 Å². The smallest absolute Gasteiger partial charge is 0.331 e. The summed E-state index contributed by atoms with van der Waals surface area (Å²) in [6.07, 6.45) is 3.43. The van der Waals surface area contributed by atoms with Gasteiger partial charge in [-0.05, 0) is 26.3 Å². The van der Waals surface area contributed by atoms with E-state index in [1.807, 2.05) is 5.32 Å². The molecule has 24 heavy (non-hydrogen) atoms. The SMILES string of the molecule is CCCCn1nc(C)c(/C=C/C(=O)O[C@@H](C)C(=O)NC(N)=O)c1Cl.